The topological polar surface area (TPSA) is 46.5 Å². The minimum atomic E-state index is -4.45. The highest BCUT2D eigenvalue weighted by atomic mass is 19.4. The van der Waals surface area contributed by atoms with Crippen molar-refractivity contribution in [3.8, 4) is 5.75 Å². The number of halogens is 3. The lowest BCUT2D eigenvalue weighted by Gasteiger charge is -2.19. The first-order valence-corrected chi connectivity index (χ1v) is 4.79. The maximum absolute atomic E-state index is 12.3. The molecule has 0 unspecified atom stereocenters. The van der Waals surface area contributed by atoms with Crippen molar-refractivity contribution in [1.82, 2.24) is 0 Å². The van der Waals surface area contributed by atoms with E-state index in [4.69, 9.17) is 9.84 Å². The molecule has 0 bridgehead atoms. The number of hydrogen-bond donors (Lipinski definition) is 1. The van der Waals surface area contributed by atoms with E-state index >= 15 is 0 Å². The third-order valence-corrected chi connectivity index (χ3v) is 2.19. The highest BCUT2D eigenvalue weighted by molar-refractivity contribution is 5.88. The van der Waals surface area contributed by atoms with Gasteiger partial charge in [0.15, 0.2) is 6.10 Å². The molecule has 0 fully saturated rings. The molecule has 0 spiro atoms. The molecule has 0 heterocycles. The Morgan fingerprint density at radius 2 is 2.00 bits per heavy atom. The molecule has 0 saturated carbocycles. The largest absolute Gasteiger partial charge is 0.481 e. The Hall–Kier alpha value is -1.72. The van der Waals surface area contributed by atoms with Gasteiger partial charge in [0.1, 0.15) is 5.75 Å². The molecule has 0 radical (unpaired) electrons. The monoisotopic (exact) mass is 248 g/mol. The zero-order valence-corrected chi connectivity index (χ0v) is 9.21. The van der Waals surface area contributed by atoms with E-state index in [2.05, 4.69) is 0 Å². The van der Waals surface area contributed by atoms with Crippen LogP contribution in [0, 0.1) is 6.92 Å². The Labute approximate surface area is 95.8 Å². The van der Waals surface area contributed by atoms with Crippen LogP contribution in [-0.4, -0.2) is 23.4 Å². The zero-order valence-electron chi connectivity index (χ0n) is 9.21. The molecule has 3 nitrogen and oxygen atoms in total. The van der Waals surface area contributed by atoms with Crippen molar-refractivity contribution in [2.75, 3.05) is 0 Å². The van der Waals surface area contributed by atoms with E-state index in [0.717, 1.165) is 6.92 Å². The molecule has 0 aliphatic heterocycles. The Balaban J connectivity index is 2.90. The van der Waals surface area contributed by atoms with Gasteiger partial charge in [-0.15, -0.1) is 0 Å². The SMILES string of the molecule is Cc1cc(C(=O)O)ccc1O[C@H](C)C(F)(F)F. The van der Waals surface area contributed by atoms with Gasteiger partial charge in [-0.25, -0.2) is 4.79 Å². The van der Waals surface area contributed by atoms with Crippen LogP contribution in [0.25, 0.3) is 0 Å². The molecular formula is C11H11F3O3. The van der Waals surface area contributed by atoms with Gasteiger partial charge in [0.25, 0.3) is 0 Å². The predicted molar refractivity (Wildman–Crippen MR) is 54.3 cm³/mol. The summed E-state index contributed by atoms with van der Waals surface area (Å²) >= 11 is 0. The summed E-state index contributed by atoms with van der Waals surface area (Å²) in [5.74, 6) is -1.11. The number of carbonyl (C=O) groups is 1. The molecule has 0 aromatic heterocycles. The summed E-state index contributed by atoms with van der Waals surface area (Å²) in [6.45, 7) is 2.38. The van der Waals surface area contributed by atoms with Gasteiger partial charge in [-0.05, 0) is 37.6 Å². The molecule has 0 amide bonds. The Bertz CT molecular complexity index is 426. The van der Waals surface area contributed by atoms with Crippen molar-refractivity contribution >= 4 is 5.97 Å². The highest BCUT2D eigenvalue weighted by Gasteiger charge is 2.38. The van der Waals surface area contributed by atoms with Crippen LogP contribution in [0.1, 0.15) is 22.8 Å². The minimum Gasteiger partial charge on any atom is -0.481 e. The Kier molecular flexibility index (Phi) is 3.65. The van der Waals surface area contributed by atoms with Gasteiger partial charge < -0.3 is 9.84 Å². The molecule has 1 atom stereocenters. The first kappa shape index (κ1) is 13.3. The van der Waals surface area contributed by atoms with E-state index in [0.29, 0.717) is 5.56 Å². The summed E-state index contributed by atoms with van der Waals surface area (Å²) in [5, 5.41) is 8.69. The maximum Gasteiger partial charge on any atom is 0.425 e. The average Bonchev–Trinajstić information content (AvgIpc) is 2.19. The molecule has 0 aliphatic carbocycles. The lowest BCUT2D eigenvalue weighted by molar-refractivity contribution is -0.189. The number of aryl methyl sites for hydroxylation is 1. The van der Waals surface area contributed by atoms with Gasteiger partial charge in [0, 0.05) is 0 Å². The Morgan fingerprint density at radius 3 is 2.41 bits per heavy atom. The van der Waals surface area contributed by atoms with E-state index in [1.165, 1.54) is 25.1 Å². The summed E-state index contributed by atoms with van der Waals surface area (Å²) in [4.78, 5) is 10.6. The van der Waals surface area contributed by atoms with Gasteiger partial charge in [-0.1, -0.05) is 0 Å². The van der Waals surface area contributed by atoms with Crippen molar-refractivity contribution in [3.05, 3.63) is 29.3 Å². The van der Waals surface area contributed by atoms with E-state index in [1.54, 1.807) is 0 Å². The zero-order chi connectivity index (χ0) is 13.2. The second-order valence-electron chi connectivity index (χ2n) is 3.59. The molecule has 0 aliphatic rings. The molecule has 94 valence electrons. The van der Waals surface area contributed by atoms with Crippen LogP contribution in [0.4, 0.5) is 13.2 Å². The van der Waals surface area contributed by atoms with E-state index in [9.17, 15) is 18.0 Å². The quantitative estimate of drug-likeness (QED) is 0.894. The summed E-state index contributed by atoms with van der Waals surface area (Å²) in [6.07, 6.45) is -6.38. The highest BCUT2D eigenvalue weighted by Crippen LogP contribution is 2.27. The number of carboxylic acid groups (broad SMARTS) is 1. The molecule has 0 saturated heterocycles. The van der Waals surface area contributed by atoms with Crippen molar-refractivity contribution in [2.24, 2.45) is 0 Å². The fourth-order valence-corrected chi connectivity index (χ4v) is 1.17. The molecular weight excluding hydrogens is 237 g/mol. The van der Waals surface area contributed by atoms with Gasteiger partial charge in [0.05, 0.1) is 5.56 Å². The second kappa shape index (κ2) is 4.65. The first-order chi connectivity index (χ1) is 7.71. The predicted octanol–water partition coefficient (Wildman–Crippen LogP) is 3.02. The third-order valence-electron chi connectivity index (χ3n) is 2.19. The molecule has 1 aromatic rings. The van der Waals surface area contributed by atoms with Crippen molar-refractivity contribution in [1.29, 1.82) is 0 Å². The normalized spacial score (nSPS) is 13.2. The van der Waals surface area contributed by atoms with E-state index in [1.807, 2.05) is 0 Å². The Morgan fingerprint density at radius 1 is 1.41 bits per heavy atom. The van der Waals surface area contributed by atoms with Gasteiger partial charge in [0.2, 0.25) is 0 Å². The van der Waals surface area contributed by atoms with Crippen molar-refractivity contribution in [2.45, 2.75) is 26.1 Å². The number of benzene rings is 1. The van der Waals surface area contributed by atoms with Crippen molar-refractivity contribution in [3.63, 3.8) is 0 Å². The van der Waals surface area contributed by atoms with Gasteiger partial charge in [-0.2, -0.15) is 13.2 Å². The van der Waals surface area contributed by atoms with Gasteiger partial charge in [-0.3, -0.25) is 0 Å². The van der Waals surface area contributed by atoms with Crippen LogP contribution in [0.3, 0.4) is 0 Å². The number of carboxylic acids is 1. The maximum atomic E-state index is 12.3. The van der Waals surface area contributed by atoms with E-state index < -0.39 is 18.2 Å². The van der Waals surface area contributed by atoms with Crippen LogP contribution in [0.15, 0.2) is 18.2 Å². The number of ether oxygens (including phenoxy) is 1. The third kappa shape index (κ3) is 3.37. The van der Waals surface area contributed by atoms with Crippen LogP contribution < -0.4 is 4.74 Å². The van der Waals surface area contributed by atoms with E-state index in [-0.39, 0.29) is 11.3 Å². The molecule has 17 heavy (non-hydrogen) atoms. The summed E-state index contributed by atoms with van der Waals surface area (Å²) in [5.41, 5.74) is 0.357. The van der Waals surface area contributed by atoms with Gasteiger partial charge >= 0.3 is 12.1 Å². The molecule has 1 aromatic carbocycles. The number of alkyl halides is 3. The minimum absolute atomic E-state index is 0.00881. The van der Waals surface area contributed by atoms with Crippen LogP contribution >= 0.6 is 0 Å². The summed E-state index contributed by atoms with van der Waals surface area (Å²) in [7, 11) is 0. The lowest BCUT2D eigenvalue weighted by Crippen LogP contribution is -2.31. The number of rotatable bonds is 3. The molecule has 1 N–H and O–H groups in total. The van der Waals surface area contributed by atoms with Crippen LogP contribution in [0.5, 0.6) is 5.75 Å². The molecule has 1 rings (SSSR count). The average molecular weight is 248 g/mol. The lowest BCUT2D eigenvalue weighted by atomic mass is 10.1. The van der Waals surface area contributed by atoms with Crippen LogP contribution in [0.2, 0.25) is 0 Å². The summed E-state index contributed by atoms with van der Waals surface area (Å²) < 4.78 is 41.5. The second-order valence-corrected chi connectivity index (χ2v) is 3.59. The number of aromatic carboxylic acids is 1. The fourth-order valence-electron chi connectivity index (χ4n) is 1.17. The fraction of sp³-hybridized carbons (Fsp3) is 0.364. The molecule has 6 heteroatoms. The smallest absolute Gasteiger partial charge is 0.425 e. The number of hydrogen-bond acceptors (Lipinski definition) is 2. The summed E-state index contributed by atoms with van der Waals surface area (Å²) in [6, 6.07) is 3.69. The van der Waals surface area contributed by atoms with Crippen molar-refractivity contribution < 1.29 is 27.8 Å². The van der Waals surface area contributed by atoms with Crippen LogP contribution in [-0.2, 0) is 0 Å². The first-order valence-electron chi connectivity index (χ1n) is 4.79. The standard InChI is InChI=1S/C11H11F3O3/c1-6-5-8(10(15)16)3-4-9(6)17-7(2)11(12,13)14/h3-5,7H,1-2H3,(H,15,16)/t7-/m1/s1.